The van der Waals surface area contributed by atoms with E-state index in [4.69, 9.17) is 4.74 Å². The largest absolute Gasteiger partial charge is 0.494 e. The summed E-state index contributed by atoms with van der Waals surface area (Å²) in [5, 5.41) is 3.20. The van der Waals surface area contributed by atoms with Crippen LogP contribution in [0.15, 0.2) is 24.3 Å². The molecule has 1 aromatic carbocycles. The monoisotopic (exact) mass is 312 g/mol. The van der Waals surface area contributed by atoms with Gasteiger partial charge in [-0.1, -0.05) is 0 Å². The van der Waals surface area contributed by atoms with E-state index in [9.17, 15) is 4.79 Å². The van der Waals surface area contributed by atoms with E-state index in [1.807, 2.05) is 43.1 Å². The molecule has 0 bridgehead atoms. The van der Waals surface area contributed by atoms with Crippen LogP contribution in [0.2, 0.25) is 0 Å². The lowest BCUT2D eigenvalue weighted by Gasteiger charge is -2.32. The number of ether oxygens (including phenoxy) is 1. The number of benzene rings is 1. The lowest BCUT2D eigenvalue weighted by molar-refractivity contribution is 0.0674. The summed E-state index contributed by atoms with van der Waals surface area (Å²) < 4.78 is 5.40. The van der Waals surface area contributed by atoms with Crippen molar-refractivity contribution >= 4 is 18.3 Å². The molecule has 1 amide bonds. The lowest BCUT2D eigenvalue weighted by Crippen LogP contribution is -2.42. The van der Waals surface area contributed by atoms with Gasteiger partial charge in [-0.2, -0.15) is 0 Å². The highest BCUT2D eigenvalue weighted by Crippen LogP contribution is 2.19. The molecule has 1 N–H and O–H groups in total. The fraction of sp³-hybridized carbons (Fsp3) is 0.562. The maximum absolute atomic E-state index is 12.5. The zero-order valence-corrected chi connectivity index (χ0v) is 13.6. The highest BCUT2D eigenvalue weighted by Gasteiger charge is 2.23. The minimum Gasteiger partial charge on any atom is -0.494 e. The Morgan fingerprint density at radius 3 is 2.71 bits per heavy atom. The Labute approximate surface area is 133 Å². The molecule has 0 radical (unpaired) electrons. The van der Waals surface area contributed by atoms with Crippen LogP contribution in [0.4, 0.5) is 0 Å². The van der Waals surface area contributed by atoms with E-state index in [0.29, 0.717) is 12.5 Å². The number of hydrogen-bond donors (Lipinski definition) is 1. The fourth-order valence-electron chi connectivity index (χ4n) is 2.75. The zero-order valence-electron chi connectivity index (χ0n) is 12.8. The molecule has 0 saturated carbocycles. The number of piperidine rings is 1. The molecular weight excluding hydrogens is 288 g/mol. The van der Waals surface area contributed by atoms with Crippen molar-refractivity contribution in [2.75, 3.05) is 33.3 Å². The number of carbonyl (C=O) groups is 1. The Kier molecular flexibility index (Phi) is 7.54. The van der Waals surface area contributed by atoms with Gasteiger partial charge >= 0.3 is 0 Å². The van der Waals surface area contributed by atoms with Crippen LogP contribution in [0.25, 0.3) is 0 Å². The van der Waals surface area contributed by atoms with Crippen molar-refractivity contribution in [1.82, 2.24) is 10.2 Å². The van der Waals surface area contributed by atoms with Crippen molar-refractivity contribution in [2.24, 2.45) is 5.92 Å². The Balaban J connectivity index is 0.00000220. The van der Waals surface area contributed by atoms with Crippen LogP contribution in [0.3, 0.4) is 0 Å². The van der Waals surface area contributed by atoms with Crippen molar-refractivity contribution in [3.63, 3.8) is 0 Å². The third kappa shape index (κ3) is 4.90. The van der Waals surface area contributed by atoms with Gasteiger partial charge in [-0.05, 0) is 63.5 Å². The average molecular weight is 313 g/mol. The molecule has 2 rings (SSSR count). The van der Waals surface area contributed by atoms with Gasteiger partial charge in [0.1, 0.15) is 5.75 Å². The standard InChI is InChI=1S/C16H24N2O2.ClH/c1-3-20-15-8-6-14(7-9-15)16(19)18-10-4-5-13(12-18)11-17-2;/h6-9,13,17H,3-5,10-12H2,1-2H3;1H. The molecule has 1 aliphatic heterocycles. The summed E-state index contributed by atoms with van der Waals surface area (Å²) >= 11 is 0. The number of halogens is 1. The molecule has 1 aromatic rings. The van der Waals surface area contributed by atoms with Crippen molar-refractivity contribution in [3.8, 4) is 5.75 Å². The smallest absolute Gasteiger partial charge is 0.253 e. The molecule has 21 heavy (non-hydrogen) atoms. The SMILES string of the molecule is CCOc1ccc(C(=O)N2CCCC(CNC)C2)cc1.Cl. The minimum absolute atomic E-state index is 0. The molecule has 5 heteroatoms. The molecular formula is C16H25ClN2O2. The van der Waals surface area contributed by atoms with Crippen molar-refractivity contribution in [1.29, 1.82) is 0 Å². The molecule has 0 aliphatic carbocycles. The third-order valence-electron chi connectivity index (χ3n) is 3.71. The number of nitrogens with one attached hydrogen (secondary N) is 1. The van der Waals surface area contributed by atoms with E-state index in [-0.39, 0.29) is 18.3 Å². The Bertz CT molecular complexity index is 434. The summed E-state index contributed by atoms with van der Waals surface area (Å²) in [6.07, 6.45) is 2.29. The van der Waals surface area contributed by atoms with Crippen LogP contribution in [0.1, 0.15) is 30.1 Å². The van der Waals surface area contributed by atoms with Gasteiger partial charge in [-0.15, -0.1) is 12.4 Å². The number of likely N-dealkylation sites (tertiary alicyclic amines) is 1. The average Bonchev–Trinajstić information content (AvgIpc) is 2.48. The maximum Gasteiger partial charge on any atom is 0.253 e. The summed E-state index contributed by atoms with van der Waals surface area (Å²) in [5.74, 6) is 1.52. The summed E-state index contributed by atoms with van der Waals surface area (Å²) in [6.45, 7) is 5.30. The quantitative estimate of drug-likeness (QED) is 0.908. The van der Waals surface area contributed by atoms with Gasteiger partial charge in [0.15, 0.2) is 0 Å². The zero-order chi connectivity index (χ0) is 14.4. The van der Waals surface area contributed by atoms with Crippen LogP contribution in [-0.2, 0) is 0 Å². The van der Waals surface area contributed by atoms with Crippen LogP contribution < -0.4 is 10.1 Å². The number of amides is 1. The molecule has 1 heterocycles. The second kappa shape index (κ2) is 8.90. The fourth-order valence-corrected chi connectivity index (χ4v) is 2.75. The van der Waals surface area contributed by atoms with Crippen molar-refractivity contribution < 1.29 is 9.53 Å². The van der Waals surface area contributed by atoms with Crippen molar-refractivity contribution in [3.05, 3.63) is 29.8 Å². The molecule has 1 unspecified atom stereocenters. The second-order valence-corrected chi connectivity index (χ2v) is 5.27. The molecule has 1 fully saturated rings. The van der Waals surface area contributed by atoms with Gasteiger partial charge in [-0.25, -0.2) is 0 Å². The van der Waals surface area contributed by atoms with Crippen LogP contribution in [0, 0.1) is 5.92 Å². The summed E-state index contributed by atoms with van der Waals surface area (Å²) in [4.78, 5) is 14.5. The third-order valence-corrected chi connectivity index (χ3v) is 3.71. The second-order valence-electron chi connectivity index (χ2n) is 5.27. The summed E-state index contributed by atoms with van der Waals surface area (Å²) in [5.41, 5.74) is 0.749. The normalized spacial score (nSPS) is 18.0. The van der Waals surface area contributed by atoms with E-state index in [1.54, 1.807) is 0 Å². The predicted octanol–water partition coefficient (Wildman–Crippen LogP) is 2.58. The van der Waals surface area contributed by atoms with E-state index in [1.165, 1.54) is 6.42 Å². The molecule has 1 saturated heterocycles. The van der Waals surface area contributed by atoms with E-state index >= 15 is 0 Å². The number of hydrogen-bond acceptors (Lipinski definition) is 3. The molecule has 0 spiro atoms. The first-order chi connectivity index (χ1) is 9.74. The number of carbonyl (C=O) groups excluding carboxylic acids is 1. The first kappa shape index (κ1) is 17.8. The predicted molar refractivity (Wildman–Crippen MR) is 87.4 cm³/mol. The minimum atomic E-state index is 0. The van der Waals surface area contributed by atoms with Crippen LogP contribution >= 0.6 is 12.4 Å². The summed E-state index contributed by atoms with van der Waals surface area (Å²) in [7, 11) is 1.97. The van der Waals surface area contributed by atoms with E-state index < -0.39 is 0 Å². The van der Waals surface area contributed by atoms with E-state index in [2.05, 4.69) is 5.32 Å². The Hall–Kier alpha value is -1.26. The molecule has 1 atom stereocenters. The molecule has 118 valence electrons. The number of rotatable bonds is 5. The Morgan fingerprint density at radius 1 is 1.38 bits per heavy atom. The molecule has 4 nitrogen and oxygen atoms in total. The van der Waals surface area contributed by atoms with Crippen LogP contribution in [-0.4, -0.2) is 44.1 Å². The summed E-state index contributed by atoms with van der Waals surface area (Å²) in [6, 6.07) is 7.45. The molecule has 0 aromatic heterocycles. The van der Waals surface area contributed by atoms with Gasteiger partial charge in [0.05, 0.1) is 6.61 Å². The van der Waals surface area contributed by atoms with Crippen LogP contribution in [0.5, 0.6) is 5.75 Å². The van der Waals surface area contributed by atoms with Crippen molar-refractivity contribution in [2.45, 2.75) is 19.8 Å². The lowest BCUT2D eigenvalue weighted by atomic mass is 9.97. The topological polar surface area (TPSA) is 41.6 Å². The maximum atomic E-state index is 12.5. The van der Waals surface area contributed by atoms with Gasteiger partial charge in [0, 0.05) is 18.7 Å². The van der Waals surface area contributed by atoms with Gasteiger partial charge < -0.3 is 15.0 Å². The first-order valence-corrected chi connectivity index (χ1v) is 7.41. The highest BCUT2D eigenvalue weighted by atomic mass is 35.5. The Morgan fingerprint density at radius 2 is 2.10 bits per heavy atom. The van der Waals surface area contributed by atoms with Gasteiger partial charge in [0.25, 0.3) is 5.91 Å². The van der Waals surface area contributed by atoms with Gasteiger partial charge in [0.2, 0.25) is 0 Å². The molecule has 1 aliphatic rings. The van der Waals surface area contributed by atoms with E-state index in [0.717, 1.165) is 37.4 Å². The van der Waals surface area contributed by atoms with Gasteiger partial charge in [-0.3, -0.25) is 4.79 Å². The first-order valence-electron chi connectivity index (χ1n) is 7.41. The number of nitrogens with zero attached hydrogens (tertiary/aromatic N) is 1. The highest BCUT2D eigenvalue weighted by molar-refractivity contribution is 5.94.